The molecule has 1 unspecified atom stereocenters. The van der Waals surface area contributed by atoms with Crippen molar-refractivity contribution in [1.82, 2.24) is 10.6 Å². The Hall–Kier alpha value is -0.570. The van der Waals surface area contributed by atoms with Crippen molar-refractivity contribution < 1.29 is 4.79 Å². The van der Waals surface area contributed by atoms with Crippen molar-refractivity contribution in [3.8, 4) is 0 Å². The summed E-state index contributed by atoms with van der Waals surface area (Å²) < 4.78 is 0. The molecule has 14 heavy (non-hydrogen) atoms. The van der Waals surface area contributed by atoms with Gasteiger partial charge < -0.3 is 10.6 Å². The minimum absolute atomic E-state index is 0.137. The van der Waals surface area contributed by atoms with E-state index in [0.717, 1.165) is 6.42 Å². The van der Waals surface area contributed by atoms with Crippen LogP contribution in [0, 0.1) is 5.92 Å². The van der Waals surface area contributed by atoms with Crippen LogP contribution in [0.1, 0.15) is 40.0 Å². The largest absolute Gasteiger partial charge is 0.352 e. The van der Waals surface area contributed by atoms with Gasteiger partial charge in [0.1, 0.15) is 0 Å². The normalized spacial score (nSPS) is 18.3. The maximum Gasteiger partial charge on any atom is 0.234 e. The van der Waals surface area contributed by atoms with Crippen LogP contribution in [-0.4, -0.2) is 24.5 Å². The number of hydrogen-bond donors (Lipinski definition) is 2. The van der Waals surface area contributed by atoms with Crippen molar-refractivity contribution in [3.63, 3.8) is 0 Å². The van der Waals surface area contributed by atoms with E-state index in [9.17, 15) is 4.79 Å². The number of amides is 1. The van der Waals surface area contributed by atoms with E-state index in [4.69, 9.17) is 0 Å². The van der Waals surface area contributed by atoms with E-state index in [-0.39, 0.29) is 5.91 Å². The lowest BCUT2D eigenvalue weighted by Crippen LogP contribution is -2.43. The Morgan fingerprint density at radius 3 is 2.50 bits per heavy atom. The van der Waals surface area contributed by atoms with Crippen molar-refractivity contribution in [1.29, 1.82) is 0 Å². The quantitative estimate of drug-likeness (QED) is 0.675. The molecule has 0 aliphatic heterocycles. The van der Waals surface area contributed by atoms with Crippen molar-refractivity contribution in [2.24, 2.45) is 5.92 Å². The van der Waals surface area contributed by atoms with E-state index in [1.54, 1.807) is 0 Å². The van der Waals surface area contributed by atoms with Crippen LogP contribution in [-0.2, 0) is 4.79 Å². The minimum atomic E-state index is 0.137. The van der Waals surface area contributed by atoms with Crippen LogP contribution < -0.4 is 10.6 Å². The van der Waals surface area contributed by atoms with E-state index in [1.807, 2.05) is 0 Å². The van der Waals surface area contributed by atoms with E-state index in [0.29, 0.717) is 24.5 Å². The molecule has 82 valence electrons. The Morgan fingerprint density at radius 1 is 1.43 bits per heavy atom. The molecule has 0 aromatic rings. The molecular weight excluding hydrogens is 176 g/mol. The average molecular weight is 198 g/mol. The summed E-state index contributed by atoms with van der Waals surface area (Å²) >= 11 is 0. The SMILES string of the molecule is CCC(NC(=O)CNC1CC1)C(C)C. The van der Waals surface area contributed by atoms with E-state index in [2.05, 4.69) is 31.4 Å². The molecule has 3 heteroatoms. The first-order valence-corrected chi connectivity index (χ1v) is 5.66. The van der Waals surface area contributed by atoms with Gasteiger partial charge in [0.2, 0.25) is 5.91 Å². The lowest BCUT2D eigenvalue weighted by Gasteiger charge is -2.20. The van der Waals surface area contributed by atoms with E-state index < -0.39 is 0 Å². The Balaban J connectivity index is 2.15. The summed E-state index contributed by atoms with van der Waals surface area (Å²) in [5.41, 5.74) is 0. The fraction of sp³-hybridized carbons (Fsp3) is 0.909. The maximum absolute atomic E-state index is 11.5. The first-order chi connectivity index (χ1) is 6.63. The molecule has 1 fully saturated rings. The highest BCUT2D eigenvalue weighted by atomic mass is 16.2. The summed E-state index contributed by atoms with van der Waals surface area (Å²) in [4.78, 5) is 11.5. The van der Waals surface area contributed by atoms with Crippen LogP contribution in [0.2, 0.25) is 0 Å². The zero-order valence-electron chi connectivity index (χ0n) is 9.47. The van der Waals surface area contributed by atoms with Crippen LogP contribution in [0.25, 0.3) is 0 Å². The first-order valence-electron chi connectivity index (χ1n) is 5.66. The summed E-state index contributed by atoms with van der Waals surface area (Å²) in [7, 11) is 0. The van der Waals surface area contributed by atoms with Crippen LogP contribution in [0.3, 0.4) is 0 Å². The number of nitrogens with one attached hydrogen (secondary N) is 2. The Bertz CT molecular complexity index is 188. The van der Waals surface area contributed by atoms with Crippen LogP contribution >= 0.6 is 0 Å². The molecule has 0 radical (unpaired) electrons. The predicted molar refractivity (Wildman–Crippen MR) is 58.1 cm³/mol. The lowest BCUT2D eigenvalue weighted by molar-refractivity contribution is -0.121. The third-order valence-corrected chi connectivity index (χ3v) is 2.72. The van der Waals surface area contributed by atoms with Crippen LogP contribution in [0.15, 0.2) is 0 Å². The Morgan fingerprint density at radius 2 is 2.07 bits per heavy atom. The van der Waals surface area contributed by atoms with Gasteiger partial charge in [-0.3, -0.25) is 4.79 Å². The summed E-state index contributed by atoms with van der Waals surface area (Å²) in [5, 5.41) is 6.26. The topological polar surface area (TPSA) is 41.1 Å². The summed E-state index contributed by atoms with van der Waals surface area (Å²) in [6.07, 6.45) is 3.47. The van der Waals surface area contributed by atoms with Crippen molar-refractivity contribution >= 4 is 5.91 Å². The van der Waals surface area contributed by atoms with Gasteiger partial charge in [-0.05, 0) is 25.2 Å². The lowest BCUT2D eigenvalue weighted by atomic mass is 10.0. The summed E-state index contributed by atoms with van der Waals surface area (Å²) in [6, 6.07) is 0.934. The van der Waals surface area contributed by atoms with Gasteiger partial charge >= 0.3 is 0 Å². The molecule has 2 N–H and O–H groups in total. The monoisotopic (exact) mass is 198 g/mol. The van der Waals surface area contributed by atoms with E-state index >= 15 is 0 Å². The van der Waals surface area contributed by atoms with Crippen molar-refractivity contribution in [3.05, 3.63) is 0 Å². The van der Waals surface area contributed by atoms with Gasteiger partial charge in [0, 0.05) is 12.1 Å². The van der Waals surface area contributed by atoms with Crippen LogP contribution in [0.5, 0.6) is 0 Å². The Labute approximate surface area is 86.6 Å². The highest BCUT2D eigenvalue weighted by Gasteiger charge is 2.21. The third-order valence-electron chi connectivity index (χ3n) is 2.72. The van der Waals surface area contributed by atoms with Gasteiger partial charge in [0.05, 0.1) is 6.54 Å². The molecule has 0 aromatic carbocycles. The molecule has 0 spiro atoms. The fourth-order valence-electron chi connectivity index (χ4n) is 1.52. The second kappa shape index (κ2) is 5.35. The average Bonchev–Trinajstić information content (AvgIpc) is 2.93. The molecule has 1 amide bonds. The van der Waals surface area contributed by atoms with Gasteiger partial charge in [-0.1, -0.05) is 20.8 Å². The standard InChI is InChI=1S/C11H22N2O/c1-4-10(8(2)3)13-11(14)7-12-9-5-6-9/h8-10,12H,4-7H2,1-3H3,(H,13,14). The molecule has 0 saturated heterocycles. The molecule has 3 nitrogen and oxygen atoms in total. The number of carbonyl (C=O) groups excluding carboxylic acids is 1. The number of carbonyl (C=O) groups is 1. The van der Waals surface area contributed by atoms with E-state index in [1.165, 1.54) is 12.8 Å². The van der Waals surface area contributed by atoms with Gasteiger partial charge in [-0.25, -0.2) is 0 Å². The van der Waals surface area contributed by atoms with Crippen molar-refractivity contribution in [2.45, 2.75) is 52.1 Å². The highest BCUT2D eigenvalue weighted by Crippen LogP contribution is 2.17. The molecular formula is C11H22N2O. The second-order valence-corrected chi connectivity index (χ2v) is 4.48. The number of hydrogen-bond acceptors (Lipinski definition) is 2. The maximum atomic E-state index is 11.5. The highest BCUT2D eigenvalue weighted by molar-refractivity contribution is 5.78. The molecule has 1 aliphatic rings. The fourth-order valence-corrected chi connectivity index (χ4v) is 1.52. The van der Waals surface area contributed by atoms with Gasteiger partial charge in [-0.2, -0.15) is 0 Å². The second-order valence-electron chi connectivity index (χ2n) is 4.48. The molecule has 1 aliphatic carbocycles. The number of rotatable bonds is 6. The molecule has 0 bridgehead atoms. The molecule has 1 atom stereocenters. The smallest absolute Gasteiger partial charge is 0.234 e. The molecule has 1 saturated carbocycles. The molecule has 1 rings (SSSR count). The summed E-state index contributed by atoms with van der Waals surface area (Å²) in [5.74, 6) is 0.655. The Kier molecular flexibility index (Phi) is 4.39. The third kappa shape index (κ3) is 4.09. The van der Waals surface area contributed by atoms with Crippen molar-refractivity contribution in [2.75, 3.05) is 6.54 Å². The molecule has 0 aromatic heterocycles. The van der Waals surface area contributed by atoms with Gasteiger partial charge in [0.25, 0.3) is 0 Å². The summed E-state index contributed by atoms with van der Waals surface area (Å²) in [6.45, 7) is 6.87. The molecule has 0 heterocycles. The zero-order chi connectivity index (χ0) is 10.6. The minimum Gasteiger partial charge on any atom is -0.352 e. The van der Waals surface area contributed by atoms with Crippen LogP contribution in [0.4, 0.5) is 0 Å². The van der Waals surface area contributed by atoms with Gasteiger partial charge in [-0.15, -0.1) is 0 Å². The zero-order valence-corrected chi connectivity index (χ0v) is 9.47. The predicted octanol–water partition coefficient (Wildman–Crippen LogP) is 1.29. The first kappa shape index (κ1) is 11.5. The van der Waals surface area contributed by atoms with Gasteiger partial charge in [0.15, 0.2) is 0 Å².